The maximum atomic E-state index is 14.4. The number of nitrogens with zero attached hydrogens (tertiary/aromatic N) is 1. The van der Waals surface area contributed by atoms with Crippen LogP contribution in [0.3, 0.4) is 0 Å². The molecule has 1 fully saturated rings. The van der Waals surface area contributed by atoms with E-state index in [4.69, 9.17) is 16.3 Å². The summed E-state index contributed by atoms with van der Waals surface area (Å²) in [6, 6.07) is 9.84. The van der Waals surface area contributed by atoms with Crippen LogP contribution >= 0.6 is 11.6 Å². The predicted octanol–water partition coefficient (Wildman–Crippen LogP) is 5.92. The van der Waals surface area contributed by atoms with Gasteiger partial charge in [-0.2, -0.15) is 0 Å². The summed E-state index contributed by atoms with van der Waals surface area (Å²) in [5.41, 5.74) is -0.221. The summed E-state index contributed by atoms with van der Waals surface area (Å²) < 4.78 is 19.6. The summed E-state index contributed by atoms with van der Waals surface area (Å²) >= 11 is 6.53. The third kappa shape index (κ3) is 7.92. The molecule has 2 N–H and O–H groups in total. The summed E-state index contributed by atoms with van der Waals surface area (Å²) in [5, 5.41) is 5.89. The minimum Gasteiger partial charge on any atom is -0.444 e. The lowest BCUT2D eigenvalue weighted by atomic mass is 9.94. The normalized spacial score (nSPS) is 15.8. The molecule has 200 valence electrons. The molecule has 0 aromatic heterocycles. The fraction of sp³-hybridized carbons (Fsp3) is 0.464. The molecule has 0 heterocycles. The average Bonchev–Trinajstić information content (AvgIpc) is 2.82. The van der Waals surface area contributed by atoms with Crippen molar-refractivity contribution in [3.63, 3.8) is 0 Å². The highest BCUT2D eigenvalue weighted by atomic mass is 35.5. The molecule has 2 atom stereocenters. The molecule has 7 nitrogen and oxygen atoms in total. The lowest BCUT2D eigenvalue weighted by Gasteiger charge is -2.35. The molecular formula is C28H35ClFN3O4. The van der Waals surface area contributed by atoms with Crippen LogP contribution in [0.5, 0.6) is 0 Å². The monoisotopic (exact) mass is 531 g/mol. The molecule has 1 aliphatic rings. The van der Waals surface area contributed by atoms with E-state index in [0.29, 0.717) is 5.56 Å². The molecule has 2 aromatic rings. The topological polar surface area (TPSA) is 87.7 Å². The molecule has 0 bridgehead atoms. The highest BCUT2D eigenvalue weighted by Crippen LogP contribution is 2.33. The van der Waals surface area contributed by atoms with Gasteiger partial charge in [0.25, 0.3) is 0 Å². The molecule has 3 amide bonds. The van der Waals surface area contributed by atoms with Crippen LogP contribution in [-0.4, -0.2) is 35.6 Å². The average molecular weight is 532 g/mol. The van der Waals surface area contributed by atoms with Gasteiger partial charge in [0.05, 0.1) is 0 Å². The van der Waals surface area contributed by atoms with E-state index in [1.807, 2.05) is 0 Å². The zero-order valence-electron chi connectivity index (χ0n) is 21.7. The van der Waals surface area contributed by atoms with Crippen LogP contribution in [-0.2, 0) is 14.3 Å². The first-order chi connectivity index (χ1) is 17.5. The van der Waals surface area contributed by atoms with Crippen LogP contribution in [0, 0.1) is 5.82 Å². The third-order valence-electron chi connectivity index (χ3n) is 6.09. The van der Waals surface area contributed by atoms with E-state index < -0.39 is 41.4 Å². The van der Waals surface area contributed by atoms with Crippen molar-refractivity contribution in [2.45, 2.75) is 83.5 Å². The van der Waals surface area contributed by atoms with Gasteiger partial charge in [-0.1, -0.05) is 55.1 Å². The first kappa shape index (κ1) is 28.4. The van der Waals surface area contributed by atoms with Gasteiger partial charge >= 0.3 is 6.09 Å². The minimum atomic E-state index is -1.20. The highest BCUT2D eigenvalue weighted by Gasteiger charge is 2.37. The van der Waals surface area contributed by atoms with Gasteiger partial charge in [-0.3, -0.25) is 14.5 Å². The number of ether oxygens (including phenoxy) is 1. The first-order valence-electron chi connectivity index (χ1n) is 12.6. The maximum Gasteiger partial charge on any atom is 0.408 e. The summed E-state index contributed by atoms with van der Waals surface area (Å²) in [4.78, 5) is 41.3. The second-order valence-corrected chi connectivity index (χ2v) is 10.7. The summed E-state index contributed by atoms with van der Waals surface area (Å²) in [6.45, 7) is 6.62. The van der Waals surface area contributed by atoms with Gasteiger partial charge in [-0.15, -0.1) is 0 Å². The van der Waals surface area contributed by atoms with Crippen molar-refractivity contribution in [2.24, 2.45) is 0 Å². The van der Waals surface area contributed by atoms with Crippen LogP contribution in [0.2, 0.25) is 5.02 Å². The Labute approximate surface area is 222 Å². The van der Waals surface area contributed by atoms with E-state index in [-0.39, 0.29) is 16.8 Å². The minimum absolute atomic E-state index is 0.0342. The number of rotatable bonds is 7. The number of amides is 3. The van der Waals surface area contributed by atoms with Crippen molar-refractivity contribution in [3.8, 4) is 0 Å². The molecule has 2 aromatic carbocycles. The molecule has 37 heavy (non-hydrogen) atoms. The van der Waals surface area contributed by atoms with Crippen LogP contribution in [0.1, 0.15) is 71.4 Å². The molecule has 0 spiro atoms. The van der Waals surface area contributed by atoms with Crippen LogP contribution in [0.4, 0.5) is 14.9 Å². The van der Waals surface area contributed by atoms with Crippen molar-refractivity contribution in [1.29, 1.82) is 0 Å². The van der Waals surface area contributed by atoms with Gasteiger partial charge in [0.15, 0.2) is 0 Å². The van der Waals surface area contributed by atoms with Gasteiger partial charge in [0.1, 0.15) is 23.5 Å². The Kier molecular flexibility index (Phi) is 9.54. The highest BCUT2D eigenvalue weighted by molar-refractivity contribution is 6.31. The summed E-state index contributed by atoms with van der Waals surface area (Å²) in [6.07, 6.45) is 4.02. The molecule has 0 radical (unpaired) electrons. The van der Waals surface area contributed by atoms with E-state index in [1.54, 1.807) is 51.1 Å². The number of hydrogen-bond donors (Lipinski definition) is 2. The van der Waals surface area contributed by atoms with Crippen molar-refractivity contribution in [1.82, 2.24) is 10.6 Å². The molecule has 1 aliphatic carbocycles. The molecule has 1 saturated carbocycles. The molecule has 0 aliphatic heterocycles. The van der Waals surface area contributed by atoms with Gasteiger partial charge in [0.2, 0.25) is 11.8 Å². The number of halogens is 2. The second kappa shape index (κ2) is 12.4. The molecule has 0 saturated heterocycles. The lowest BCUT2D eigenvalue weighted by molar-refractivity contribution is -0.127. The molecule has 9 heteroatoms. The molecule has 1 unspecified atom stereocenters. The number of hydrogen-bond acceptors (Lipinski definition) is 4. The van der Waals surface area contributed by atoms with Crippen molar-refractivity contribution >= 4 is 35.2 Å². The van der Waals surface area contributed by atoms with E-state index in [0.717, 1.165) is 32.1 Å². The number of carbonyl (C=O) groups is 3. The predicted molar refractivity (Wildman–Crippen MR) is 142 cm³/mol. The Hall–Kier alpha value is -3.13. The van der Waals surface area contributed by atoms with E-state index in [1.165, 1.54) is 30.0 Å². The Morgan fingerprint density at radius 3 is 2.35 bits per heavy atom. The van der Waals surface area contributed by atoms with E-state index in [9.17, 15) is 18.8 Å². The van der Waals surface area contributed by atoms with Gasteiger partial charge < -0.3 is 15.4 Å². The smallest absolute Gasteiger partial charge is 0.408 e. The molecule has 3 rings (SSSR count). The lowest BCUT2D eigenvalue weighted by Crippen LogP contribution is -2.53. The number of alkyl carbamates (subject to hydrolysis) is 1. The van der Waals surface area contributed by atoms with Crippen molar-refractivity contribution < 1.29 is 23.5 Å². The summed E-state index contributed by atoms with van der Waals surface area (Å²) in [5.74, 6) is -1.63. The zero-order chi connectivity index (χ0) is 27.2. The number of benzene rings is 2. The Balaban J connectivity index is 2.04. The first-order valence-corrected chi connectivity index (χ1v) is 13.0. The summed E-state index contributed by atoms with van der Waals surface area (Å²) in [7, 11) is 0. The van der Waals surface area contributed by atoms with Crippen LogP contribution in [0.15, 0.2) is 48.5 Å². The van der Waals surface area contributed by atoms with Crippen LogP contribution < -0.4 is 15.5 Å². The molecular weight excluding hydrogens is 497 g/mol. The SMILES string of the molecule is C[C@@H](NC(=O)OC(C)(C)C)C(=O)N(c1cccc(F)c1)C(C(=O)NC1CCCCC1)c1ccccc1Cl. The van der Waals surface area contributed by atoms with Gasteiger partial charge in [-0.25, -0.2) is 9.18 Å². The zero-order valence-corrected chi connectivity index (χ0v) is 22.5. The third-order valence-corrected chi connectivity index (χ3v) is 6.43. The largest absolute Gasteiger partial charge is 0.444 e. The van der Waals surface area contributed by atoms with E-state index >= 15 is 0 Å². The fourth-order valence-electron chi connectivity index (χ4n) is 4.41. The Bertz CT molecular complexity index is 1110. The Morgan fingerprint density at radius 2 is 1.73 bits per heavy atom. The standard InChI is InChI=1S/C28H35ClFN3O4/c1-18(31-27(36)37-28(2,3)4)26(35)33(21-14-10-11-19(30)17-21)24(22-15-8-9-16-23(22)29)25(34)32-20-12-6-5-7-13-20/h8-11,14-18,20,24H,5-7,12-13H2,1-4H3,(H,31,36)(H,32,34)/t18-,24?/m1/s1. The quantitative estimate of drug-likeness (QED) is 0.464. The number of carbonyl (C=O) groups excluding carboxylic acids is 3. The van der Waals surface area contributed by atoms with Crippen LogP contribution in [0.25, 0.3) is 0 Å². The fourth-order valence-corrected chi connectivity index (χ4v) is 4.64. The maximum absolute atomic E-state index is 14.4. The van der Waals surface area contributed by atoms with E-state index in [2.05, 4.69) is 10.6 Å². The van der Waals surface area contributed by atoms with Gasteiger partial charge in [-0.05, 0) is 64.8 Å². The second-order valence-electron chi connectivity index (χ2n) is 10.3. The van der Waals surface area contributed by atoms with Gasteiger partial charge in [0, 0.05) is 22.3 Å². The number of nitrogens with one attached hydrogen (secondary N) is 2. The Morgan fingerprint density at radius 1 is 1.05 bits per heavy atom. The van der Waals surface area contributed by atoms with Crippen molar-refractivity contribution in [3.05, 3.63) is 64.9 Å². The van der Waals surface area contributed by atoms with Crippen molar-refractivity contribution in [2.75, 3.05) is 4.90 Å². The number of anilines is 1.